The van der Waals surface area contributed by atoms with Gasteiger partial charge < -0.3 is 9.88 Å². The third kappa shape index (κ3) is 4.81. The van der Waals surface area contributed by atoms with Crippen LogP contribution in [0.4, 0.5) is 14.5 Å². The number of nitrogens with one attached hydrogen (secondary N) is 3. The molecule has 6 nitrogen and oxygen atoms in total. The number of rotatable bonds is 2. The Hall–Kier alpha value is -2.17. The molecule has 1 aromatic carbocycles. The Morgan fingerprint density at radius 3 is 2.54 bits per heavy atom. The van der Waals surface area contributed by atoms with Crippen LogP contribution < -0.4 is 10.0 Å². The summed E-state index contributed by atoms with van der Waals surface area (Å²) in [7, 11) is -1.69. The van der Waals surface area contributed by atoms with Crippen molar-refractivity contribution >= 4 is 41.1 Å². The fourth-order valence-corrected chi connectivity index (χ4v) is 4.17. The van der Waals surface area contributed by atoms with E-state index >= 15 is 0 Å². The van der Waals surface area contributed by atoms with Gasteiger partial charge in [-0.25, -0.2) is 22.5 Å². The number of hydrogen-bond donors (Lipinski definition) is 3. The second-order valence-electron chi connectivity index (χ2n) is 5.77. The highest BCUT2D eigenvalue weighted by Crippen LogP contribution is 2.27. The molecule has 0 aliphatic carbocycles. The smallest absolute Gasteiger partial charge is 0.272 e. The van der Waals surface area contributed by atoms with Crippen molar-refractivity contribution < 1.29 is 17.8 Å². The van der Waals surface area contributed by atoms with Crippen molar-refractivity contribution in [3.05, 3.63) is 53.4 Å². The molecule has 2 aromatic rings. The Bertz CT molecular complexity index is 1000. The van der Waals surface area contributed by atoms with Gasteiger partial charge in [-0.1, -0.05) is 27.0 Å². The van der Waals surface area contributed by atoms with Crippen molar-refractivity contribution in [3.8, 4) is 0 Å². The predicted molar refractivity (Wildman–Crippen MR) is 114 cm³/mol. The van der Waals surface area contributed by atoms with Gasteiger partial charge >= 0.3 is 0 Å². The number of carbonyl (C=O) groups is 1. The summed E-state index contributed by atoms with van der Waals surface area (Å²) in [6.07, 6.45) is 4.79. The summed E-state index contributed by atoms with van der Waals surface area (Å²) in [6, 6.07) is 2.73. The van der Waals surface area contributed by atoms with Crippen LogP contribution in [-0.2, 0) is 17.0 Å². The normalized spacial score (nSPS) is 19.9. The first-order valence-electron chi connectivity index (χ1n) is 7.39. The topological polar surface area (TPSA) is 87.0 Å². The number of anilines is 1. The third-order valence-corrected chi connectivity index (χ3v) is 5.44. The molecule has 0 spiro atoms. The maximum Gasteiger partial charge on any atom is 0.272 e. The maximum absolute atomic E-state index is 13.3. The summed E-state index contributed by atoms with van der Waals surface area (Å²) in [6.45, 7) is 1.75. The van der Waals surface area contributed by atoms with Gasteiger partial charge in [0.2, 0.25) is 0 Å². The van der Waals surface area contributed by atoms with Gasteiger partial charge in [-0.3, -0.25) is 4.79 Å². The first-order chi connectivity index (χ1) is 11.7. The van der Waals surface area contributed by atoms with Gasteiger partial charge in [0, 0.05) is 36.6 Å². The molecule has 1 aromatic heterocycles. The lowest BCUT2D eigenvalue weighted by atomic mass is 10.2. The van der Waals surface area contributed by atoms with Crippen LogP contribution in [0.25, 0.3) is 6.08 Å². The molecule has 28 heavy (non-hydrogen) atoms. The number of amides is 1. The van der Waals surface area contributed by atoms with E-state index in [0.29, 0.717) is 5.56 Å². The molecule has 0 radical (unpaired) electrons. The van der Waals surface area contributed by atoms with Crippen molar-refractivity contribution in [3.63, 3.8) is 0 Å². The van der Waals surface area contributed by atoms with Crippen LogP contribution in [0.1, 0.15) is 37.8 Å². The second-order valence-corrected chi connectivity index (χ2v) is 7.56. The van der Waals surface area contributed by atoms with Crippen LogP contribution in [0.3, 0.4) is 0 Å². The quantitative estimate of drug-likeness (QED) is 0.662. The van der Waals surface area contributed by atoms with Crippen LogP contribution in [0.5, 0.6) is 0 Å². The Kier molecular flexibility index (Phi) is 8.63. The lowest BCUT2D eigenvalue weighted by Crippen LogP contribution is -2.29. The number of fused-ring (bicyclic) bond motifs is 1. The molecule has 0 fully saturated rings. The van der Waals surface area contributed by atoms with Crippen molar-refractivity contribution in [2.75, 3.05) is 5.32 Å². The fourth-order valence-electron chi connectivity index (χ4n) is 2.66. The van der Waals surface area contributed by atoms with Gasteiger partial charge in [0.15, 0.2) is 11.6 Å². The minimum atomic E-state index is -3.27. The summed E-state index contributed by atoms with van der Waals surface area (Å²) >= 11 is 0. The summed E-state index contributed by atoms with van der Waals surface area (Å²) in [5.74, 6) is -2.66. The predicted octanol–water partition coefficient (Wildman–Crippen LogP) is 4.27. The molecule has 1 amide bonds. The zero-order valence-electron chi connectivity index (χ0n) is 14.0. The molecule has 0 saturated heterocycles. The van der Waals surface area contributed by atoms with Crippen LogP contribution in [0.15, 0.2) is 35.4 Å². The van der Waals surface area contributed by atoms with Gasteiger partial charge in [-0.2, -0.15) is 13.5 Å². The first kappa shape index (κ1) is 25.8. The maximum atomic E-state index is 13.3. The number of benzene rings is 1. The van der Waals surface area contributed by atoms with Gasteiger partial charge in [0.25, 0.3) is 5.91 Å². The molecule has 1 aliphatic rings. The number of aryl methyl sites for hydroxylation is 1. The number of hydrogen-bond acceptors (Lipinski definition) is 3. The fraction of sp³-hybridized carbons (Fsp3) is 0.278. The van der Waals surface area contributed by atoms with Crippen molar-refractivity contribution in [1.82, 2.24) is 9.29 Å². The average molecular weight is 433 g/mol. The van der Waals surface area contributed by atoms with Crippen molar-refractivity contribution in [2.45, 2.75) is 32.7 Å². The summed E-state index contributed by atoms with van der Waals surface area (Å²) in [4.78, 5) is 12.8. The van der Waals surface area contributed by atoms with E-state index in [1.807, 2.05) is 0 Å². The highest BCUT2D eigenvalue weighted by atomic mass is 32.2. The molecular formula is C18H26F2N4O2S2. The largest absolute Gasteiger partial charge is 0.345 e. The Balaban J connectivity index is 0.00000243. The molecule has 156 valence electrons. The molecule has 1 aliphatic heterocycles. The number of nitrogens with zero attached hydrogens (tertiary/aromatic N) is 1. The Morgan fingerprint density at radius 1 is 1.29 bits per heavy atom. The van der Waals surface area contributed by atoms with E-state index in [4.69, 9.17) is 4.78 Å². The summed E-state index contributed by atoms with van der Waals surface area (Å²) in [5, 5.41) is 2.49. The molecule has 0 saturated carbocycles. The van der Waals surface area contributed by atoms with Crippen LogP contribution >= 0.6 is 13.5 Å². The third-order valence-electron chi connectivity index (χ3n) is 3.79. The van der Waals surface area contributed by atoms with Crippen molar-refractivity contribution in [1.29, 1.82) is 4.78 Å². The van der Waals surface area contributed by atoms with E-state index in [-0.39, 0.29) is 50.7 Å². The van der Waals surface area contributed by atoms with Gasteiger partial charge in [-0.05, 0) is 19.1 Å². The molecular weight excluding hydrogens is 406 g/mol. The molecule has 2 atom stereocenters. The van der Waals surface area contributed by atoms with E-state index in [0.717, 1.165) is 12.1 Å². The van der Waals surface area contributed by atoms with Crippen LogP contribution in [0, 0.1) is 16.4 Å². The molecule has 10 heteroatoms. The highest BCUT2D eigenvalue weighted by Gasteiger charge is 2.27. The van der Waals surface area contributed by atoms with Gasteiger partial charge in [-0.15, -0.1) is 0 Å². The van der Waals surface area contributed by atoms with Crippen LogP contribution in [-0.4, -0.2) is 20.7 Å². The SMILES string of the molecule is C.C.C[C@H]1C=Cc2c(cn(C)c2C(=O)Nc2ccc(F)c(F)c2)S(=N)(=O)N1.S. The molecule has 3 N–H and O–H groups in total. The Morgan fingerprint density at radius 2 is 1.93 bits per heavy atom. The zero-order chi connectivity index (χ0) is 18.4. The molecule has 0 bridgehead atoms. The minimum absolute atomic E-state index is 0. The number of halogens is 2. The number of aromatic nitrogens is 1. The van der Waals surface area contributed by atoms with E-state index in [1.54, 1.807) is 26.1 Å². The van der Waals surface area contributed by atoms with E-state index in [1.165, 1.54) is 16.8 Å². The lowest BCUT2D eigenvalue weighted by Gasteiger charge is -2.09. The van der Waals surface area contributed by atoms with Crippen molar-refractivity contribution in [2.24, 2.45) is 7.05 Å². The minimum Gasteiger partial charge on any atom is -0.345 e. The summed E-state index contributed by atoms with van der Waals surface area (Å²) in [5.41, 5.74) is 0.626. The van der Waals surface area contributed by atoms with E-state index in [9.17, 15) is 17.8 Å². The Labute approximate surface area is 171 Å². The molecule has 1 unspecified atom stereocenters. The first-order valence-corrected chi connectivity index (χ1v) is 8.95. The summed E-state index contributed by atoms with van der Waals surface area (Å²) < 4.78 is 51.1. The van der Waals surface area contributed by atoms with Gasteiger partial charge in [0.05, 0.1) is 4.90 Å². The average Bonchev–Trinajstić information content (AvgIpc) is 2.81. The van der Waals surface area contributed by atoms with E-state index in [2.05, 4.69) is 10.0 Å². The van der Waals surface area contributed by atoms with Crippen LogP contribution in [0.2, 0.25) is 0 Å². The standard InChI is InChI=1S/C16H16F2N4O2S.2CH4.H2S/c1-9-3-5-11-14(25(19,24)21-9)8-22(2)15(11)16(23)20-10-4-6-12(17)13(18)7-10;;;/h3-9H,1-2H3,(H,20,23)(H2,19,21,24);2*1H4;1H2/t9-,25?;;;/m0.../s1. The molecule has 3 rings (SSSR count). The highest BCUT2D eigenvalue weighted by molar-refractivity contribution is 7.90. The van der Waals surface area contributed by atoms with E-state index < -0.39 is 27.5 Å². The monoisotopic (exact) mass is 432 g/mol. The van der Waals surface area contributed by atoms with Gasteiger partial charge in [0.1, 0.15) is 15.6 Å². The lowest BCUT2D eigenvalue weighted by molar-refractivity contribution is 0.101. The zero-order valence-corrected chi connectivity index (χ0v) is 15.8. The molecule has 2 heterocycles. The number of carbonyl (C=O) groups excluding carboxylic acids is 1. The second kappa shape index (κ2) is 9.35.